The molecule has 1 N–H and O–H groups in total. The molecule has 0 radical (unpaired) electrons. The van der Waals surface area contributed by atoms with E-state index in [0.29, 0.717) is 5.69 Å². The first-order valence-electron chi connectivity index (χ1n) is 7.04. The number of nitrogens with one attached hydrogen (secondary N) is 1. The molecule has 0 aliphatic carbocycles. The van der Waals surface area contributed by atoms with Crippen LogP contribution in [0.15, 0.2) is 44.7 Å². The van der Waals surface area contributed by atoms with E-state index in [9.17, 15) is 14.4 Å². The van der Waals surface area contributed by atoms with Crippen LogP contribution in [0.1, 0.15) is 0 Å². The molecule has 1 aromatic carbocycles. The third-order valence-corrected chi connectivity index (χ3v) is 4.13. The molecule has 9 heteroatoms. The van der Waals surface area contributed by atoms with Gasteiger partial charge in [-0.25, -0.2) is 9.78 Å². The second kappa shape index (κ2) is 6.08. The fourth-order valence-corrected chi connectivity index (χ4v) is 2.84. The smallest absolute Gasteiger partial charge is 0.324 e. The molecule has 2 heterocycles. The Kier molecular flexibility index (Phi) is 4.10. The Balaban J connectivity index is 1.95. The highest BCUT2D eigenvalue weighted by molar-refractivity contribution is 9.10. The number of carbonyl (C=O) groups is 1. The van der Waals surface area contributed by atoms with Crippen LogP contribution in [0.2, 0.25) is 0 Å². The van der Waals surface area contributed by atoms with Gasteiger partial charge in [0.15, 0.2) is 11.2 Å². The lowest BCUT2D eigenvalue weighted by atomic mass is 10.3. The molecular formula is C15H14BrN5O3. The largest absolute Gasteiger partial charge is 0.332 e. The monoisotopic (exact) mass is 391 g/mol. The minimum Gasteiger partial charge on any atom is -0.324 e. The minimum atomic E-state index is -0.485. The van der Waals surface area contributed by atoms with Crippen LogP contribution in [-0.2, 0) is 25.4 Å². The van der Waals surface area contributed by atoms with Gasteiger partial charge in [-0.2, -0.15) is 0 Å². The molecule has 0 aliphatic rings. The number of hydrogen-bond donors (Lipinski definition) is 1. The third kappa shape index (κ3) is 2.78. The fourth-order valence-electron chi connectivity index (χ4n) is 2.44. The van der Waals surface area contributed by atoms with Crippen LogP contribution in [0, 0.1) is 0 Å². The minimum absolute atomic E-state index is 0.0868. The first kappa shape index (κ1) is 16.2. The van der Waals surface area contributed by atoms with Gasteiger partial charge in [0.1, 0.15) is 6.54 Å². The van der Waals surface area contributed by atoms with Crippen molar-refractivity contribution < 1.29 is 4.79 Å². The van der Waals surface area contributed by atoms with Crippen molar-refractivity contribution in [3.63, 3.8) is 0 Å². The summed E-state index contributed by atoms with van der Waals surface area (Å²) in [5.74, 6) is -0.302. The van der Waals surface area contributed by atoms with Crippen molar-refractivity contribution in [1.29, 1.82) is 0 Å². The number of aromatic nitrogens is 4. The number of carbonyl (C=O) groups excluding carboxylic acids is 1. The molecule has 0 spiro atoms. The van der Waals surface area contributed by atoms with Gasteiger partial charge in [-0.1, -0.05) is 22.0 Å². The topological polar surface area (TPSA) is 90.9 Å². The Morgan fingerprint density at radius 3 is 2.71 bits per heavy atom. The number of halogens is 1. The summed E-state index contributed by atoms with van der Waals surface area (Å²) in [4.78, 5) is 40.5. The van der Waals surface area contributed by atoms with Crippen molar-refractivity contribution >= 4 is 38.7 Å². The molecule has 0 unspecified atom stereocenters. The zero-order valence-corrected chi connectivity index (χ0v) is 14.6. The van der Waals surface area contributed by atoms with Crippen LogP contribution in [0.5, 0.6) is 0 Å². The summed E-state index contributed by atoms with van der Waals surface area (Å²) in [5, 5.41) is 2.75. The molecule has 24 heavy (non-hydrogen) atoms. The van der Waals surface area contributed by atoms with Gasteiger partial charge in [-0.05, 0) is 18.2 Å². The van der Waals surface area contributed by atoms with Gasteiger partial charge in [0.2, 0.25) is 5.91 Å². The molecule has 0 saturated carbocycles. The van der Waals surface area contributed by atoms with Crippen LogP contribution in [0.4, 0.5) is 5.69 Å². The molecular weight excluding hydrogens is 378 g/mol. The molecule has 0 fully saturated rings. The first-order valence-corrected chi connectivity index (χ1v) is 7.84. The molecule has 8 nitrogen and oxygen atoms in total. The number of anilines is 1. The Labute approximate surface area is 144 Å². The van der Waals surface area contributed by atoms with Crippen molar-refractivity contribution in [1.82, 2.24) is 18.7 Å². The highest BCUT2D eigenvalue weighted by Crippen LogP contribution is 2.15. The summed E-state index contributed by atoms with van der Waals surface area (Å²) >= 11 is 3.33. The number of fused-ring (bicyclic) bond motifs is 1. The fraction of sp³-hybridized carbons (Fsp3) is 0.200. The van der Waals surface area contributed by atoms with E-state index in [4.69, 9.17) is 0 Å². The molecule has 0 atom stereocenters. The van der Waals surface area contributed by atoms with Gasteiger partial charge in [0.05, 0.1) is 6.33 Å². The summed E-state index contributed by atoms with van der Waals surface area (Å²) in [7, 11) is 2.92. The van der Waals surface area contributed by atoms with E-state index in [2.05, 4.69) is 26.2 Å². The standard InChI is InChI=1S/C15H14BrN5O3/c1-19-13-12(14(23)20(2)15(19)24)21(8-17-13)7-11(22)18-10-5-3-4-9(16)6-10/h3-6,8H,7H2,1-2H3,(H,18,22). The maximum Gasteiger partial charge on any atom is 0.332 e. The van der Waals surface area contributed by atoms with E-state index >= 15 is 0 Å². The maximum absolute atomic E-state index is 12.3. The lowest BCUT2D eigenvalue weighted by molar-refractivity contribution is -0.116. The summed E-state index contributed by atoms with van der Waals surface area (Å²) in [5.41, 5.74) is 0.152. The van der Waals surface area contributed by atoms with Crippen molar-refractivity contribution in [3.05, 3.63) is 55.9 Å². The Morgan fingerprint density at radius 1 is 1.25 bits per heavy atom. The molecule has 0 bridgehead atoms. The van der Waals surface area contributed by atoms with Crippen LogP contribution in [-0.4, -0.2) is 24.6 Å². The number of imidazole rings is 1. The highest BCUT2D eigenvalue weighted by Gasteiger charge is 2.16. The number of nitrogens with zero attached hydrogens (tertiary/aromatic N) is 4. The summed E-state index contributed by atoms with van der Waals surface area (Å²) in [6, 6.07) is 7.19. The van der Waals surface area contributed by atoms with Gasteiger partial charge in [0.25, 0.3) is 5.56 Å². The molecule has 0 aliphatic heterocycles. The average molecular weight is 392 g/mol. The molecule has 3 aromatic rings. The molecule has 3 rings (SSSR count). The summed E-state index contributed by atoms with van der Waals surface area (Å²) in [6.07, 6.45) is 1.38. The lowest BCUT2D eigenvalue weighted by Gasteiger charge is -2.08. The van der Waals surface area contributed by atoms with Gasteiger partial charge < -0.3 is 9.88 Å². The van der Waals surface area contributed by atoms with E-state index in [1.54, 1.807) is 18.2 Å². The molecule has 0 saturated heterocycles. The van der Waals surface area contributed by atoms with Crippen molar-refractivity contribution in [2.75, 3.05) is 5.32 Å². The second-order valence-electron chi connectivity index (χ2n) is 5.31. The Hall–Kier alpha value is -2.68. The summed E-state index contributed by atoms with van der Waals surface area (Å²) < 4.78 is 4.55. The van der Waals surface area contributed by atoms with Crippen LogP contribution in [0.3, 0.4) is 0 Å². The first-order chi connectivity index (χ1) is 11.4. The van der Waals surface area contributed by atoms with Gasteiger partial charge in [-0.3, -0.25) is 18.7 Å². The molecule has 2 aromatic heterocycles. The zero-order chi connectivity index (χ0) is 17.4. The number of rotatable bonds is 3. The van der Waals surface area contributed by atoms with E-state index < -0.39 is 11.2 Å². The number of hydrogen-bond acceptors (Lipinski definition) is 4. The number of benzene rings is 1. The van der Waals surface area contributed by atoms with E-state index in [-0.39, 0.29) is 23.6 Å². The zero-order valence-electron chi connectivity index (χ0n) is 13.0. The molecule has 1 amide bonds. The van der Waals surface area contributed by atoms with E-state index in [1.807, 2.05) is 6.07 Å². The predicted molar refractivity (Wildman–Crippen MR) is 93.0 cm³/mol. The Bertz CT molecular complexity index is 1060. The average Bonchev–Trinajstić information content (AvgIpc) is 2.94. The van der Waals surface area contributed by atoms with Gasteiger partial charge in [0, 0.05) is 24.3 Å². The normalized spacial score (nSPS) is 11.0. The van der Waals surface area contributed by atoms with Crippen LogP contribution in [0.25, 0.3) is 11.2 Å². The van der Waals surface area contributed by atoms with Crippen molar-refractivity contribution in [2.45, 2.75) is 6.54 Å². The van der Waals surface area contributed by atoms with Crippen molar-refractivity contribution in [3.8, 4) is 0 Å². The Morgan fingerprint density at radius 2 is 2.00 bits per heavy atom. The van der Waals surface area contributed by atoms with Crippen LogP contribution >= 0.6 is 15.9 Å². The number of aryl methyl sites for hydroxylation is 1. The number of amides is 1. The maximum atomic E-state index is 12.3. The predicted octanol–water partition coefficient (Wildman–Crippen LogP) is 0.835. The van der Waals surface area contributed by atoms with Crippen LogP contribution < -0.4 is 16.6 Å². The second-order valence-corrected chi connectivity index (χ2v) is 6.22. The summed E-state index contributed by atoms with van der Waals surface area (Å²) in [6.45, 7) is -0.0868. The molecule has 124 valence electrons. The van der Waals surface area contributed by atoms with Gasteiger partial charge in [-0.15, -0.1) is 0 Å². The van der Waals surface area contributed by atoms with E-state index in [0.717, 1.165) is 9.04 Å². The van der Waals surface area contributed by atoms with Crippen molar-refractivity contribution in [2.24, 2.45) is 14.1 Å². The lowest BCUT2D eigenvalue weighted by Crippen LogP contribution is -2.37. The highest BCUT2D eigenvalue weighted by atomic mass is 79.9. The third-order valence-electron chi connectivity index (χ3n) is 3.64. The SMILES string of the molecule is Cn1c(=O)c2c(ncn2CC(=O)Nc2cccc(Br)c2)n(C)c1=O. The quantitative estimate of drug-likeness (QED) is 0.715. The van der Waals surface area contributed by atoms with Gasteiger partial charge >= 0.3 is 5.69 Å². The van der Waals surface area contributed by atoms with E-state index in [1.165, 1.54) is 29.6 Å².